The number of hydrogen-bond acceptors (Lipinski definition) is 5. The zero-order chi connectivity index (χ0) is 34.7. The average Bonchev–Trinajstić information content (AvgIpc) is 3.03. The molecule has 0 amide bonds. The molecule has 7 atom stereocenters. The van der Waals surface area contributed by atoms with E-state index in [0.717, 1.165) is 25.0 Å². The maximum atomic E-state index is 11.2. The van der Waals surface area contributed by atoms with Gasteiger partial charge in [0.1, 0.15) is 0 Å². The third-order valence-electron chi connectivity index (χ3n) is 7.88. The molecule has 0 aromatic carbocycles. The zero-order valence-corrected chi connectivity index (χ0v) is 29.7. The molecule has 0 saturated heterocycles. The van der Waals surface area contributed by atoms with Gasteiger partial charge in [0.25, 0.3) is 0 Å². The van der Waals surface area contributed by atoms with E-state index in [4.69, 9.17) is 0 Å². The zero-order valence-electron chi connectivity index (χ0n) is 29.7. The molecule has 0 aromatic heterocycles. The third-order valence-corrected chi connectivity index (χ3v) is 7.88. The summed E-state index contributed by atoms with van der Waals surface area (Å²) < 4.78 is 0. The topological polar surface area (TPSA) is 89.8 Å². The van der Waals surface area contributed by atoms with E-state index in [2.05, 4.69) is 45.2 Å². The van der Waals surface area contributed by atoms with Gasteiger partial charge >= 0.3 is 0 Å². The van der Waals surface area contributed by atoms with Crippen LogP contribution in [0, 0.1) is 23.7 Å². The molecule has 46 heavy (non-hydrogen) atoms. The van der Waals surface area contributed by atoms with Crippen molar-refractivity contribution in [2.24, 2.45) is 23.7 Å². The minimum atomic E-state index is -0.748. The van der Waals surface area contributed by atoms with Gasteiger partial charge in [-0.3, -0.25) is 4.79 Å². The first-order valence-electron chi connectivity index (χ1n) is 16.8. The quantitative estimate of drug-likeness (QED) is 0.0393. The largest absolute Gasteiger partial charge is 0.392 e. The van der Waals surface area contributed by atoms with E-state index in [9.17, 15) is 20.1 Å². The Hall–Kier alpha value is -3.09. The van der Waals surface area contributed by atoms with Gasteiger partial charge in [0, 0.05) is 17.9 Å². The Morgan fingerprint density at radius 2 is 1.15 bits per heavy atom. The summed E-state index contributed by atoms with van der Waals surface area (Å²) in [5.74, 6) is 0.478. The summed E-state index contributed by atoms with van der Waals surface area (Å²) in [7, 11) is 0. The highest BCUT2D eigenvalue weighted by molar-refractivity contribution is 5.92. The van der Waals surface area contributed by atoms with Crippen LogP contribution in [-0.2, 0) is 4.79 Å². The van der Waals surface area contributed by atoms with Gasteiger partial charge in [0.15, 0.2) is 5.78 Å². The van der Waals surface area contributed by atoms with Crippen molar-refractivity contribution in [1.82, 2.24) is 5.32 Å². The summed E-state index contributed by atoms with van der Waals surface area (Å²) in [6, 6.07) is 0.275. The second-order valence-corrected chi connectivity index (χ2v) is 12.5. The smallest absolute Gasteiger partial charge is 0.155 e. The molecule has 0 heterocycles. The predicted octanol–water partition coefficient (Wildman–Crippen LogP) is 8.32. The van der Waals surface area contributed by atoms with Gasteiger partial charge in [-0.25, -0.2) is 0 Å². The Bertz CT molecular complexity index is 1120. The Morgan fingerprint density at radius 1 is 0.630 bits per heavy atom. The summed E-state index contributed by atoms with van der Waals surface area (Å²) in [4.78, 5) is 11.2. The molecule has 0 aromatic rings. The van der Waals surface area contributed by atoms with E-state index in [0.29, 0.717) is 12.3 Å². The van der Waals surface area contributed by atoms with Crippen molar-refractivity contribution >= 4 is 5.78 Å². The summed E-state index contributed by atoms with van der Waals surface area (Å²) >= 11 is 0. The van der Waals surface area contributed by atoms with E-state index < -0.39 is 12.2 Å². The summed E-state index contributed by atoms with van der Waals surface area (Å²) in [5.41, 5.74) is 0.732. The minimum Gasteiger partial charge on any atom is -0.392 e. The van der Waals surface area contributed by atoms with E-state index in [1.807, 2.05) is 98.9 Å². The number of aliphatic hydroxyl groups excluding tert-OH is 3. The van der Waals surface area contributed by atoms with E-state index in [-0.39, 0.29) is 35.7 Å². The fourth-order valence-corrected chi connectivity index (χ4v) is 4.17. The number of hydrogen-bond donors (Lipinski definition) is 4. The number of Topliss-reactive ketones (excluding diaryl/α,β-unsaturated/α-hetero) is 1. The molecule has 0 fully saturated rings. The molecular formula is C41H63NO4. The number of carbonyl (C=O) groups excluding carboxylic acids is 1. The maximum Gasteiger partial charge on any atom is 0.155 e. The molecule has 0 aliphatic rings. The molecule has 0 bridgehead atoms. The molecule has 0 rings (SSSR count). The lowest BCUT2D eigenvalue weighted by atomic mass is 9.88. The maximum absolute atomic E-state index is 11.2. The predicted molar refractivity (Wildman–Crippen MR) is 198 cm³/mol. The Balaban J connectivity index is 4.38. The number of aliphatic hydroxyl groups is 3. The highest BCUT2D eigenvalue weighted by Crippen LogP contribution is 2.19. The van der Waals surface area contributed by atoms with Crippen molar-refractivity contribution < 1.29 is 20.1 Å². The van der Waals surface area contributed by atoms with Crippen molar-refractivity contribution in [3.63, 3.8) is 0 Å². The van der Waals surface area contributed by atoms with Crippen molar-refractivity contribution in [2.75, 3.05) is 6.54 Å². The van der Waals surface area contributed by atoms with Gasteiger partial charge in [0.2, 0.25) is 0 Å². The van der Waals surface area contributed by atoms with Crippen LogP contribution in [0.4, 0.5) is 0 Å². The standard InChI is InChI=1S/C41H63NO4/c1-32(2)31-42-37(7)35(5)39(44)29-25-21-17-12-10-9-11-13-18-22-26-30-40(45)36(6)41(46)34(4)28-24-20-16-14-15-19-23-27-33(3)38(8)43/h9-15,17-19,21-28,30,32,34-37,39-42,44-46H,16,20,29,31H2,1-8H3/b10-9+,13-11+,15-14+,17-12+,22-18+,23-19+,25-21+,28-24+,30-26+,33-27+. The fourth-order valence-electron chi connectivity index (χ4n) is 4.17. The molecule has 0 aliphatic carbocycles. The monoisotopic (exact) mass is 633 g/mol. The van der Waals surface area contributed by atoms with Crippen LogP contribution in [0.15, 0.2) is 121 Å². The van der Waals surface area contributed by atoms with Crippen molar-refractivity contribution in [2.45, 2.75) is 99.0 Å². The second-order valence-electron chi connectivity index (χ2n) is 12.5. The SMILES string of the molecule is CC(=O)/C(C)=C/C=C/C=C/CC/C=C/C(C)C(O)C(C)C(O)/C=C/C=C/C=C/C=C/C=C/C=C/CC(O)C(C)C(C)NCC(C)C. The van der Waals surface area contributed by atoms with Crippen LogP contribution < -0.4 is 5.32 Å². The number of allylic oxidation sites excluding steroid dienone is 17. The highest BCUT2D eigenvalue weighted by atomic mass is 16.3. The average molecular weight is 634 g/mol. The first kappa shape index (κ1) is 42.9. The van der Waals surface area contributed by atoms with Gasteiger partial charge in [-0.2, -0.15) is 0 Å². The van der Waals surface area contributed by atoms with Crippen LogP contribution in [0.5, 0.6) is 0 Å². The number of rotatable bonds is 23. The molecule has 5 nitrogen and oxygen atoms in total. The third kappa shape index (κ3) is 22.4. The molecule has 7 unspecified atom stereocenters. The summed E-state index contributed by atoms with van der Waals surface area (Å²) in [5, 5.41) is 35.1. The molecule has 0 radical (unpaired) electrons. The molecule has 256 valence electrons. The van der Waals surface area contributed by atoms with Crippen LogP contribution in [-0.4, -0.2) is 52.0 Å². The number of ketones is 1. The van der Waals surface area contributed by atoms with Crippen molar-refractivity contribution in [1.29, 1.82) is 0 Å². The van der Waals surface area contributed by atoms with E-state index in [1.54, 1.807) is 32.1 Å². The highest BCUT2D eigenvalue weighted by Gasteiger charge is 2.24. The van der Waals surface area contributed by atoms with Gasteiger partial charge < -0.3 is 20.6 Å². The molecular weight excluding hydrogens is 570 g/mol. The summed E-state index contributed by atoms with van der Waals surface area (Å²) in [6.45, 7) is 16.7. The van der Waals surface area contributed by atoms with Crippen LogP contribution in [0.3, 0.4) is 0 Å². The van der Waals surface area contributed by atoms with Crippen LogP contribution in [0.2, 0.25) is 0 Å². The van der Waals surface area contributed by atoms with E-state index in [1.165, 1.54) is 0 Å². The lowest BCUT2D eigenvalue weighted by Crippen LogP contribution is -2.39. The van der Waals surface area contributed by atoms with Crippen molar-refractivity contribution in [3.05, 3.63) is 121 Å². The first-order chi connectivity index (χ1) is 21.9. The normalized spacial score (nSPS) is 18.7. The van der Waals surface area contributed by atoms with Gasteiger partial charge in [-0.05, 0) is 64.0 Å². The summed E-state index contributed by atoms with van der Waals surface area (Å²) in [6.07, 6.45) is 37.1. The molecule has 0 saturated carbocycles. The molecule has 0 spiro atoms. The Kier molecular flexibility index (Phi) is 25.2. The number of carbonyl (C=O) groups is 1. The van der Waals surface area contributed by atoms with Crippen molar-refractivity contribution in [3.8, 4) is 0 Å². The molecule has 5 heteroatoms. The fraction of sp³-hybridized carbons (Fsp3) is 0.488. The van der Waals surface area contributed by atoms with Gasteiger partial charge in [-0.15, -0.1) is 0 Å². The second kappa shape index (κ2) is 27.1. The minimum absolute atomic E-state index is 0.0718. The van der Waals surface area contributed by atoms with E-state index >= 15 is 0 Å². The van der Waals surface area contributed by atoms with Crippen LogP contribution in [0.25, 0.3) is 0 Å². The van der Waals surface area contributed by atoms with Gasteiger partial charge in [0.05, 0.1) is 18.3 Å². The number of unbranched alkanes of at least 4 members (excludes halogenated alkanes) is 1. The molecule has 0 aliphatic heterocycles. The molecule has 4 N–H and O–H groups in total. The van der Waals surface area contributed by atoms with Crippen LogP contribution >= 0.6 is 0 Å². The van der Waals surface area contributed by atoms with Crippen LogP contribution in [0.1, 0.15) is 74.7 Å². The lowest BCUT2D eigenvalue weighted by molar-refractivity contribution is -0.113. The Labute approximate surface area is 281 Å². The lowest BCUT2D eigenvalue weighted by Gasteiger charge is -2.26. The first-order valence-corrected chi connectivity index (χ1v) is 16.8. The van der Waals surface area contributed by atoms with Gasteiger partial charge in [-0.1, -0.05) is 150 Å². The number of nitrogens with one attached hydrogen (secondary N) is 1. The Morgan fingerprint density at radius 3 is 1.74 bits per heavy atom.